The van der Waals surface area contributed by atoms with Gasteiger partial charge in [-0.1, -0.05) is 27.2 Å². The number of rotatable bonds is 6. The molecule has 15 heavy (non-hydrogen) atoms. The number of amides is 1. The monoisotopic (exact) mass is 215 g/mol. The van der Waals surface area contributed by atoms with Gasteiger partial charge in [-0.25, -0.2) is 0 Å². The van der Waals surface area contributed by atoms with Gasteiger partial charge in [-0.2, -0.15) is 0 Å². The van der Waals surface area contributed by atoms with E-state index in [1.807, 2.05) is 13.8 Å². The molecule has 1 amide bonds. The summed E-state index contributed by atoms with van der Waals surface area (Å²) in [5, 5.41) is 8.72. The fourth-order valence-corrected chi connectivity index (χ4v) is 1.51. The lowest BCUT2D eigenvalue weighted by atomic mass is 10.0. The van der Waals surface area contributed by atoms with E-state index in [1.54, 1.807) is 14.0 Å². The third-order valence-corrected chi connectivity index (χ3v) is 2.49. The molecule has 2 unspecified atom stereocenters. The third-order valence-electron chi connectivity index (χ3n) is 2.49. The molecule has 0 aliphatic rings. The van der Waals surface area contributed by atoms with Crippen molar-refractivity contribution in [1.82, 2.24) is 4.90 Å². The average molecular weight is 215 g/mol. The van der Waals surface area contributed by atoms with Gasteiger partial charge in [0, 0.05) is 19.5 Å². The van der Waals surface area contributed by atoms with Crippen LogP contribution in [0.1, 0.15) is 33.6 Å². The summed E-state index contributed by atoms with van der Waals surface area (Å²) in [6.07, 6.45) is 1.82. The molecule has 0 aliphatic carbocycles. The smallest absolute Gasteiger partial charge is 0.308 e. The summed E-state index contributed by atoms with van der Waals surface area (Å²) in [7, 11) is 1.66. The summed E-state index contributed by atoms with van der Waals surface area (Å²) in [6, 6.07) is 0. The highest BCUT2D eigenvalue weighted by Crippen LogP contribution is 2.10. The molecule has 1 N–H and O–H groups in total. The van der Waals surface area contributed by atoms with E-state index in [1.165, 1.54) is 4.90 Å². The second kappa shape index (κ2) is 6.43. The molecule has 0 fully saturated rings. The molecule has 0 bridgehead atoms. The van der Waals surface area contributed by atoms with Crippen LogP contribution in [-0.2, 0) is 9.59 Å². The van der Waals surface area contributed by atoms with Crippen molar-refractivity contribution >= 4 is 11.9 Å². The van der Waals surface area contributed by atoms with Crippen LogP contribution in [0.3, 0.4) is 0 Å². The molecule has 0 rings (SSSR count). The topological polar surface area (TPSA) is 57.6 Å². The van der Waals surface area contributed by atoms with Crippen LogP contribution in [0, 0.1) is 11.8 Å². The van der Waals surface area contributed by atoms with Gasteiger partial charge < -0.3 is 10.0 Å². The number of carbonyl (C=O) groups is 2. The van der Waals surface area contributed by atoms with Crippen LogP contribution in [0.2, 0.25) is 0 Å². The first-order chi connectivity index (χ1) is 6.90. The Balaban J connectivity index is 4.14. The zero-order chi connectivity index (χ0) is 12.0. The summed E-state index contributed by atoms with van der Waals surface area (Å²) in [5.41, 5.74) is 0. The van der Waals surface area contributed by atoms with Crippen molar-refractivity contribution in [2.24, 2.45) is 11.8 Å². The van der Waals surface area contributed by atoms with Crippen LogP contribution in [0.25, 0.3) is 0 Å². The van der Waals surface area contributed by atoms with Crippen LogP contribution in [0.15, 0.2) is 0 Å². The molecular weight excluding hydrogens is 194 g/mol. The van der Waals surface area contributed by atoms with Gasteiger partial charge in [0.1, 0.15) is 0 Å². The Morgan fingerprint density at radius 2 is 1.80 bits per heavy atom. The SMILES string of the molecule is CCCC(C)C(=O)N(C)CC(C)C(=O)O. The van der Waals surface area contributed by atoms with Gasteiger partial charge in [0.25, 0.3) is 0 Å². The van der Waals surface area contributed by atoms with E-state index in [0.29, 0.717) is 0 Å². The Kier molecular flexibility index (Phi) is 5.97. The number of carbonyl (C=O) groups excluding carboxylic acids is 1. The lowest BCUT2D eigenvalue weighted by Gasteiger charge is -2.22. The summed E-state index contributed by atoms with van der Waals surface area (Å²) in [6.45, 7) is 5.80. The van der Waals surface area contributed by atoms with Gasteiger partial charge in [0.15, 0.2) is 0 Å². The van der Waals surface area contributed by atoms with E-state index in [0.717, 1.165) is 12.8 Å². The molecule has 4 nitrogen and oxygen atoms in total. The maximum atomic E-state index is 11.7. The van der Waals surface area contributed by atoms with Gasteiger partial charge in [-0.3, -0.25) is 9.59 Å². The highest BCUT2D eigenvalue weighted by molar-refractivity contribution is 5.79. The number of hydrogen-bond acceptors (Lipinski definition) is 2. The number of aliphatic carboxylic acids is 1. The van der Waals surface area contributed by atoms with Gasteiger partial charge >= 0.3 is 5.97 Å². The van der Waals surface area contributed by atoms with Crippen LogP contribution in [0.5, 0.6) is 0 Å². The van der Waals surface area contributed by atoms with Crippen molar-refractivity contribution < 1.29 is 14.7 Å². The molecule has 0 saturated heterocycles. The summed E-state index contributed by atoms with van der Waals surface area (Å²) >= 11 is 0. The van der Waals surface area contributed by atoms with Crippen LogP contribution >= 0.6 is 0 Å². The fraction of sp³-hybridized carbons (Fsp3) is 0.818. The molecule has 2 atom stereocenters. The molecule has 0 aliphatic heterocycles. The lowest BCUT2D eigenvalue weighted by molar-refractivity contribution is -0.143. The lowest BCUT2D eigenvalue weighted by Crippen LogP contribution is -2.36. The van der Waals surface area contributed by atoms with Gasteiger partial charge in [-0.05, 0) is 6.42 Å². The maximum absolute atomic E-state index is 11.7. The number of carboxylic acids is 1. The number of carboxylic acid groups (broad SMARTS) is 1. The fourth-order valence-electron chi connectivity index (χ4n) is 1.51. The highest BCUT2D eigenvalue weighted by atomic mass is 16.4. The molecule has 4 heteroatoms. The van der Waals surface area contributed by atoms with E-state index in [4.69, 9.17) is 5.11 Å². The summed E-state index contributed by atoms with van der Waals surface area (Å²) in [4.78, 5) is 23.9. The highest BCUT2D eigenvalue weighted by Gasteiger charge is 2.20. The molecule has 0 aromatic rings. The van der Waals surface area contributed by atoms with Crippen LogP contribution < -0.4 is 0 Å². The number of nitrogens with zero attached hydrogens (tertiary/aromatic N) is 1. The minimum atomic E-state index is -0.863. The van der Waals surface area contributed by atoms with E-state index in [9.17, 15) is 9.59 Å². The van der Waals surface area contributed by atoms with Crippen molar-refractivity contribution in [2.45, 2.75) is 33.6 Å². The van der Waals surface area contributed by atoms with E-state index < -0.39 is 11.9 Å². The molecule has 0 aromatic carbocycles. The average Bonchev–Trinajstić information content (AvgIpc) is 2.16. The zero-order valence-electron chi connectivity index (χ0n) is 9.99. The minimum Gasteiger partial charge on any atom is -0.481 e. The molecular formula is C11H21NO3. The van der Waals surface area contributed by atoms with Crippen molar-refractivity contribution in [3.63, 3.8) is 0 Å². The first-order valence-corrected chi connectivity index (χ1v) is 5.37. The maximum Gasteiger partial charge on any atom is 0.308 e. The zero-order valence-corrected chi connectivity index (χ0v) is 9.99. The van der Waals surface area contributed by atoms with Gasteiger partial charge in [0.05, 0.1) is 5.92 Å². The van der Waals surface area contributed by atoms with Crippen molar-refractivity contribution in [2.75, 3.05) is 13.6 Å². The second-order valence-corrected chi connectivity index (χ2v) is 4.15. The van der Waals surface area contributed by atoms with Crippen molar-refractivity contribution in [3.05, 3.63) is 0 Å². The Morgan fingerprint density at radius 1 is 1.27 bits per heavy atom. The quantitative estimate of drug-likeness (QED) is 0.732. The normalized spacial score (nSPS) is 14.4. The molecule has 0 heterocycles. The Hall–Kier alpha value is -1.06. The third kappa shape index (κ3) is 4.81. The molecule has 0 aromatic heterocycles. The first kappa shape index (κ1) is 13.9. The van der Waals surface area contributed by atoms with E-state index in [-0.39, 0.29) is 18.4 Å². The Labute approximate surface area is 91.3 Å². The Bertz CT molecular complexity index is 228. The van der Waals surface area contributed by atoms with Crippen molar-refractivity contribution in [3.8, 4) is 0 Å². The molecule has 0 radical (unpaired) electrons. The largest absolute Gasteiger partial charge is 0.481 e. The standard InChI is InChI=1S/C11H21NO3/c1-5-6-8(2)10(13)12(4)7-9(3)11(14)15/h8-9H,5-7H2,1-4H3,(H,14,15). The molecule has 88 valence electrons. The van der Waals surface area contributed by atoms with E-state index in [2.05, 4.69) is 0 Å². The van der Waals surface area contributed by atoms with Gasteiger partial charge in [0.2, 0.25) is 5.91 Å². The predicted molar refractivity (Wildman–Crippen MR) is 58.5 cm³/mol. The Morgan fingerprint density at radius 3 is 2.20 bits per heavy atom. The predicted octanol–water partition coefficient (Wildman–Crippen LogP) is 1.60. The number of hydrogen-bond donors (Lipinski definition) is 1. The van der Waals surface area contributed by atoms with Crippen LogP contribution in [-0.4, -0.2) is 35.5 Å². The van der Waals surface area contributed by atoms with Crippen molar-refractivity contribution in [1.29, 1.82) is 0 Å². The van der Waals surface area contributed by atoms with Gasteiger partial charge in [-0.15, -0.1) is 0 Å². The summed E-state index contributed by atoms with van der Waals surface area (Å²) in [5.74, 6) is -1.35. The molecule has 0 saturated carbocycles. The molecule has 0 spiro atoms. The van der Waals surface area contributed by atoms with E-state index >= 15 is 0 Å². The summed E-state index contributed by atoms with van der Waals surface area (Å²) < 4.78 is 0. The second-order valence-electron chi connectivity index (χ2n) is 4.15. The first-order valence-electron chi connectivity index (χ1n) is 5.37. The minimum absolute atomic E-state index is 0.0130. The van der Waals surface area contributed by atoms with Crippen LogP contribution in [0.4, 0.5) is 0 Å².